The molecule has 0 atom stereocenters. The predicted octanol–water partition coefficient (Wildman–Crippen LogP) is 3.59. The molecule has 21 heavy (non-hydrogen) atoms. The normalized spacial score (nSPS) is 15.4. The van der Waals surface area contributed by atoms with Gasteiger partial charge in [-0.3, -0.25) is 9.59 Å². The Kier molecular flexibility index (Phi) is 5.88. The van der Waals surface area contributed by atoms with Gasteiger partial charge in [0.25, 0.3) is 5.91 Å². The van der Waals surface area contributed by atoms with E-state index in [9.17, 15) is 9.59 Å². The second-order valence-corrected chi connectivity index (χ2v) is 5.85. The van der Waals surface area contributed by atoms with Gasteiger partial charge in [0.1, 0.15) is 5.75 Å². The molecule has 1 aliphatic heterocycles. The Morgan fingerprint density at radius 2 is 1.86 bits per heavy atom. The molecular weight excluding hydrogens is 313 g/mol. The molecule has 1 aromatic carbocycles. The van der Waals surface area contributed by atoms with Crippen molar-refractivity contribution in [2.24, 2.45) is 0 Å². The number of carbonyl (C=O) groups excluding carboxylic acids is 2. The topological polar surface area (TPSA) is 46.6 Å². The maximum absolute atomic E-state index is 12.1. The summed E-state index contributed by atoms with van der Waals surface area (Å²) < 4.78 is 5.46. The van der Waals surface area contributed by atoms with Crippen LogP contribution in [0.5, 0.6) is 5.75 Å². The first-order chi connectivity index (χ1) is 10.1. The molecule has 1 amide bonds. The van der Waals surface area contributed by atoms with E-state index in [1.807, 2.05) is 0 Å². The van der Waals surface area contributed by atoms with Gasteiger partial charge < -0.3 is 9.64 Å². The minimum Gasteiger partial charge on any atom is -0.481 e. The van der Waals surface area contributed by atoms with Gasteiger partial charge in [0.15, 0.2) is 12.9 Å². The van der Waals surface area contributed by atoms with Crippen LogP contribution in [-0.2, 0) is 4.79 Å². The molecule has 0 unspecified atom stereocenters. The quantitative estimate of drug-likeness (QED) is 0.793. The van der Waals surface area contributed by atoms with E-state index in [4.69, 9.17) is 27.9 Å². The van der Waals surface area contributed by atoms with Crippen LogP contribution in [0.4, 0.5) is 0 Å². The molecule has 1 aromatic rings. The minimum absolute atomic E-state index is 0.0836. The van der Waals surface area contributed by atoms with E-state index in [-0.39, 0.29) is 28.8 Å². The lowest BCUT2D eigenvalue weighted by molar-refractivity contribution is -0.133. The van der Waals surface area contributed by atoms with Crippen LogP contribution in [0.1, 0.15) is 36.0 Å². The van der Waals surface area contributed by atoms with Crippen LogP contribution in [0.2, 0.25) is 10.0 Å². The Morgan fingerprint density at radius 1 is 1.19 bits per heavy atom. The molecule has 6 heteroatoms. The molecule has 1 fully saturated rings. The number of aldehydes is 1. The fourth-order valence-corrected chi connectivity index (χ4v) is 2.93. The minimum atomic E-state index is -0.123. The maximum atomic E-state index is 12.1. The Labute approximate surface area is 134 Å². The van der Waals surface area contributed by atoms with Crippen LogP contribution in [0.15, 0.2) is 12.1 Å². The molecule has 114 valence electrons. The number of benzene rings is 1. The number of ether oxygens (including phenoxy) is 1. The van der Waals surface area contributed by atoms with Gasteiger partial charge in [0.2, 0.25) is 0 Å². The number of amides is 1. The van der Waals surface area contributed by atoms with Gasteiger partial charge in [0, 0.05) is 18.1 Å². The monoisotopic (exact) mass is 329 g/mol. The molecule has 2 rings (SSSR count). The van der Waals surface area contributed by atoms with Gasteiger partial charge in [-0.05, 0) is 25.0 Å². The van der Waals surface area contributed by atoms with Crippen LogP contribution >= 0.6 is 23.2 Å². The summed E-state index contributed by atoms with van der Waals surface area (Å²) in [5, 5.41) is 0.585. The summed E-state index contributed by atoms with van der Waals surface area (Å²) in [5.74, 6) is 0.124. The van der Waals surface area contributed by atoms with Gasteiger partial charge in [-0.2, -0.15) is 0 Å². The summed E-state index contributed by atoms with van der Waals surface area (Å²) in [6.07, 6.45) is 4.97. The summed E-state index contributed by atoms with van der Waals surface area (Å²) in [5.41, 5.74) is 0.246. The number of likely N-dealkylation sites (tertiary alicyclic amines) is 1. The van der Waals surface area contributed by atoms with Gasteiger partial charge in [-0.1, -0.05) is 36.0 Å². The summed E-state index contributed by atoms with van der Waals surface area (Å²) in [4.78, 5) is 25.0. The van der Waals surface area contributed by atoms with E-state index in [0.29, 0.717) is 11.3 Å². The molecular formula is C15H17Cl2NO3. The van der Waals surface area contributed by atoms with Gasteiger partial charge in [-0.25, -0.2) is 0 Å². The molecule has 1 heterocycles. The van der Waals surface area contributed by atoms with Crippen molar-refractivity contribution in [1.29, 1.82) is 0 Å². The van der Waals surface area contributed by atoms with Crippen LogP contribution in [0.25, 0.3) is 0 Å². The average molecular weight is 330 g/mol. The second-order valence-electron chi connectivity index (χ2n) is 5.01. The third kappa shape index (κ3) is 4.35. The Morgan fingerprint density at radius 3 is 2.48 bits per heavy atom. The predicted molar refractivity (Wildman–Crippen MR) is 82.4 cm³/mol. The number of hydrogen-bond acceptors (Lipinski definition) is 3. The van der Waals surface area contributed by atoms with Crippen LogP contribution in [0, 0.1) is 0 Å². The lowest BCUT2D eigenvalue weighted by atomic mass is 10.2. The molecule has 0 aromatic heterocycles. The maximum Gasteiger partial charge on any atom is 0.260 e. The first kappa shape index (κ1) is 16.1. The first-order valence-corrected chi connectivity index (χ1v) is 7.72. The lowest BCUT2D eigenvalue weighted by Crippen LogP contribution is -2.35. The highest BCUT2D eigenvalue weighted by Gasteiger charge is 2.18. The Balaban J connectivity index is 2.02. The highest BCUT2D eigenvalue weighted by Crippen LogP contribution is 2.31. The van der Waals surface area contributed by atoms with Crippen molar-refractivity contribution in [2.75, 3.05) is 19.7 Å². The Hall–Kier alpha value is -1.26. The number of halogens is 2. The van der Waals surface area contributed by atoms with E-state index in [0.717, 1.165) is 38.8 Å². The van der Waals surface area contributed by atoms with Crippen LogP contribution in [0.3, 0.4) is 0 Å². The smallest absolute Gasteiger partial charge is 0.260 e. The van der Waals surface area contributed by atoms with Gasteiger partial charge in [-0.15, -0.1) is 0 Å². The van der Waals surface area contributed by atoms with Crippen LogP contribution < -0.4 is 4.74 Å². The zero-order valence-electron chi connectivity index (χ0n) is 11.6. The Bertz CT molecular complexity index is 526. The largest absolute Gasteiger partial charge is 0.481 e. The SMILES string of the molecule is O=Cc1cc(Cl)cc(Cl)c1OCC(=O)N1CCCCCC1. The molecule has 4 nitrogen and oxygen atoms in total. The van der Waals surface area contributed by atoms with Crippen molar-refractivity contribution in [1.82, 2.24) is 4.90 Å². The third-order valence-corrected chi connectivity index (χ3v) is 3.96. The molecule has 0 radical (unpaired) electrons. The molecule has 0 bridgehead atoms. The zero-order valence-corrected chi connectivity index (χ0v) is 13.1. The zero-order chi connectivity index (χ0) is 15.2. The molecule has 0 N–H and O–H groups in total. The molecule has 1 aliphatic rings. The van der Waals surface area contributed by atoms with E-state index in [2.05, 4.69) is 0 Å². The second kappa shape index (κ2) is 7.66. The standard InChI is InChI=1S/C15H17Cl2NO3/c16-12-7-11(9-19)15(13(17)8-12)21-10-14(20)18-5-3-1-2-4-6-18/h7-9H,1-6,10H2. The van der Waals surface area contributed by atoms with Crippen molar-refractivity contribution in [3.05, 3.63) is 27.7 Å². The van der Waals surface area contributed by atoms with Gasteiger partial charge >= 0.3 is 0 Å². The molecule has 0 saturated carbocycles. The number of hydrogen-bond donors (Lipinski definition) is 0. The van der Waals surface area contributed by atoms with Crippen molar-refractivity contribution in [3.63, 3.8) is 0 Å². The fraction of sp³-hybridized carbons (Fsp3) is 0.467. The molecule has 0 spiro atoms. The summed E-state index contributed by atoms with van der Waals surface area (Å²) in [6, 6.07) is 2.95. The highest BCUT2D eigenvalue weighted by atomic mass is 35.5. The molecule has 1 saturated heterocycles. The van der Waals surface area contributed by atoms with E-state index >= 15 is 0 Å². The van der Waals surface area contributed by atoms with E-state index in [1.54, 1.807) is 4.90 Å². The number of rotatable bonds is 4. The van der Waals surface area contributed by atoms with Crippen molar-refractivity contribution in [3.8, 4) is 5.75 Å². The summed E-state index contributed by atoms with van der Waals surface area (Å²) >= 11 is 11.8. The number of carbonyl (C=O) groups is 2. The van der Waals surface area contributed by atoms with E-state index < -0.39 is 0 Å². The molecule has 0 aliphatic carbocycles. The first-order valence-electron chi connectivity index (χ1n) is 6.96. The van der Waals surface area contributed by atoms with Crippen molar-refractivity contribution < 1.29 is 14.3 Å². The summed E-state index contributed by atoms with van der Waals surface area (Å²) in [6.45, 7) is 1.40. The number of nitrogens with zero attached hydrogens (tertiary/aromatic N) is 1. The van der Waals surface area contributed by atoms with E-state index in [1.165, 1.54) is 12.1 Å². The van der Waals surface area contributed by atoms with Crippen molar-refractivity contribution in [2.45, 2.75) is 25.7 Å². The third-order valence-electron chi connectivity index (χ3n) is 3.46. The van der Waals surface area contributed by atoms with Crippen molar-refractivity contribution >= 4 is 35.4 Å². The fourth-order valence-electron chi connectivity index (χ4n) is 2.37. The lowest BCUT2D eigenvalue weighted by Gasteiger charge is -2.20. The van der Waals surface area contributed by atoms with Crippen LogP contribution in [-0.4, -0.2) is 36.8 Å². The van der Waals surface area contributed by atoms with Gasteiger partial charge in [0.05, 0.1) is 10.6 Å². The average Bonchev–Trinajstić information content (AvgIpc) is 2.74. The highest BCUT2D eigenvalue weighted by molar-refractivity contribution is 6.36. The summed E-state index contributed by atoms with van der Waals surface area (Å²) in [7, 11) is 0.